The molecule has 1 heterocycles. The van der Waals surface area contributed by atoms with Gasteiger partial charge in [-0.15, -0.1) is 0 Å². The molecule has 0 aliphatic carbocycles. The summed E-state index contributed by atoms with van der Waals surface area (Å²) in [4.78, 5) is 4.92. The second kappa shape index (κ2) is 6.52. The van der Waals surface area contributed by atoms with Crippen molar-refractivity contribution < 1.29 is 23.1 Å². The third-order valence-electron chi connectivity index (χ3n) is 3.98. The number of rotatable bonds is 3. The third-order valence-corrected chi connectivity index (χ3v) is 4.42. The molecule has 2 aromatic rings. The quantitative estimate of drug-likeness (QED) is 0.796. The normalized spacial score (nSPS) is 20.3. The van der Waals surface area contributed by atoms with Gasteiger partial charge in [0, 0.05) is 22.0 Å². The van der Waals surface area contributed by atoms with Crippen LogP contribution in [-0.4, -0.2) is 17.0 Å². The highest BCUT2D eigenvalue weighted by Crippen LogP contribution is 2.49. The fraction of sp³-hybridized carbons (Fsp3) is 0.235. The van der Waals surface area contributed by atoms with E-state index in [4.69, 9.17) is 33.1 Å². The zero-order chi connectivity index (χ0) is 18.2. The summed E-state index contributed by atoms with van der Waals surface area (Å²) in [5.74, 6) is 0. The van der Waals surface area contributed by atoms with Crippen LogP contribution in [0.5, 0.6) is 0 Å². The standard InChI is InChI=1S/C17H12Cl2F3NO2/c18-13-5-12(6-14(19)7-13)16(17(20,21)22)8-15(23-25-16)11-3-1-10(9-24)2-4-11/h1-7,24H,8-9H2. The first-order valence-corrected chi connectivity index (χ1v) is 7.99. The molecule has 8 heteroatoms. The highest BCUT2D eigenvalue weighted by Gasteiger charge is 2.62. The summed E-state index contributed by atoms with van der Waals surface area (Å²) in [5.41, 5.74) is -1.57. The van der Waals surface area contributed by atoms with E-state index in [1.807, 2.05) is 0 Å². The van der Waals surface area contributed by atoms with Crippen molar-refractivity contribution in [1.29, 1.82) is 0 Å². The average molecular weight is 390 g/mol. The van der Waals surface area contributed by atoms with E-state index in [0.29, 0.717) is 11.1 Å². The maximum absolute atomic E-state index is 13.9. The summed E-state index contributed by atoms with van der Waals surface area (Å²) in [6.45, 7) is -0.156. The highest BCUT2D eigenvalue weighted by molar-refractivity contribution is 6.34. The smallest absolute Gasteiger partial charge is 0.392 e. The predicted molar refractivity (Wildman–Crippen MR) is 88.8 cm³/mol. The number of aliphatic hydroxyl groups excluding tert-OH is 1. The van der Waals surface area contributed by atoms with Gasteiger partial charge >= 0.3 is 6.18 Å². The zero-order valence-electron chi connectivity index (χ0n) is 12.6. The zero-order valence-corrected chi connectivity index (χ0v) is 14.2. The second-order valence-corrected chi connectivity index (χ2v) is 6.52. The van der Waals surface area contributed by atoms with Gasteiger partial charge in [-0.2, -0.15) is 13.2 Å². The molecule has 0 bridgehead atoms. The lowest BCUT2D eigenvalue weighted by Gasteiger charge is -2.29. The lowest BCUT2D eigenvalue weighted by atomic mass is 9.86. The molecule has 0 amide bonds. The van der Waals surface area contributed by atoms with Gasteiger partial charge in [-0.1, -0.05) is 52.6 Å². The third kappa shape index (κ3) is 3.34. The van der Waals surface area contributed by atoms with E-state index < -0.39 is 18.2 Å². The Bertz CT molecular complexity index is 801. The van der Waals surface area contributed by atoms with Gasteiger partial charge in [-0.05, 0) is 29.3 Å². The highest BCUT2D eigenvalue weighted by atomic mass is 35.5. The van der Waals surface area contributed by atoms with Crippen LogP contribution in [0.1, 0.15) is 23.1 Å². The van der Waals surface area contributed by atoms with Crippen LogP contribution in [0.15, 0.2) is 47.6 Å². The first-order chi connectivity index (χ1) is 11.7. The molecule has 0 radical (unpaired) electrons. The molecule has 0 saturated carbocycles. The molecular formula is C17H12Cl2F3NO2. The van der Waals surface area contributed by atoms with Gasteiger partial charge in [0.25, 0.3) is 5.60 Å². The van der Waals surface area contributed by atoms with Crippen LogP contribution in [0.25, 0.3) is 0 Å². The molecule has 1 N–H and O–H groups in total. The van der Waals surface area contributed by atoms with E-state index in [1.165, 1.54) is 18.2 Å². The topological polar surface area (TPSA) is 41.8 Å². The van der Waals surface area contributed by atoms with E-state index in [-0.39, 0.29) is 27.9 Å². The van der Waals surface area contributed by atoms with Crippen molar-refractivity contribution >= 4 is 28.9 Å². The Morgan fingerprint density at radius 1 is 1.08 bits per heavy atom. The predicted octanol–water partition coefficient (Wildman–Crippen LogP) is 5.07. The first kappa shape index (κ1) is 18.0. The number of aliphatic hydroxyl groups is 1. The van der Waals surface area contributed by atoms with E-state index in [0.717, 1.165) is 0 Å². The molecule has 1 aliphatic rings. The lowest BCUT2D eigenvalue weighted by molar-refractivity contribution is -0.275. The Kier molecular flexibility index (Phi) is 4.70. The molecule has 1 unspecified atom stereocenters. The van der Waals surface area contributed by atoms with Crippen LogP contribution in [0.3, 0.4) is 0 Å². The molecule has 3 rings (SSSR count). The molecule has 0 fully saturated rings. The van der Waals surface area contributed by atoms with Crippen molar-refractivity contribution in [2.24, 2.45) is 5.16 Å². The number of benzene rings is 2. The fourth-order valence-electron chi connectivity index (χ4n) is 2.65. The summed E-state index contributed by atoms with van der Waals surface area (Å²) < 4.78 is 41.6. The van der Waals surface area contributed by atoms with Crippen LogP contribution in [0.4, 0.5) is 13.2 Å². The van der Waals surface area contributed by atoms with Gasteiger partial charge in [0.1, 0.15) is 0 Å². The molecule has 25 heavy (non-hydrogen) atoms. The van der Waals surface area contributed by atoms with Gasteiger partial charge in [-0.25, -0.2) is 0 Å². The summed E-state index contributed by atoms with van der Waals surface area (Å²) in [6.07, 6.45) is -5.23. The van der Waals surface area contributed by atoms with E-state index >= 15 is 0 Å². The second-order valence-electron chi connectivity index (χ2n) is 5.64. The molecule has 1 aliphatic heterocycles. The van der Waals surface area contributed by atoms with E-state index in [1.54, 1.807) is 24.3 Å². The Morgan fingerprint density at radius 3 is 2.20 bits per heavy atom. The molecule has 0 aromatic heterocycles. The Morgan fingerprint density at radius 2 is 1.68 bits per heavy atom. The lowest BCUT2D eigenvalue weighted by Crippen LogP contribution is -2.42. The summed E-state index contributed by atoms with van der Waals surface area (Å²) in [5, 5.41) is 12.9. The molecule has 3 nitrogen and oxygen atoms in total. The molecular weight excluding hydrogens is 378 g/mol. The number of nitrogens with zero attached hydrogens (tertiary/aromatic N) is 1. The van der Waals surface area contributed by atoms with Crippen LogP contribution in [0, 0.1) is 0 Å². The monoisotopic (exact) mass is 389 g/mol. The molecule has 0 spiro atoms. The molecule has 1 atom stereocenters. The van der Waals surface area contributed by atoms with Gasteiger partial charge in [0.2, 0.25) is 0 Å². The van der Waals surface area contributed by atoms with Crippen molar-refractivity contribution in [1.82, 2.24) is 0 Å². The molecule has 132 valence electrons. The number of hydrogen-bond donors (Lipinski definition) is 1. The number of hydrogen-bond acceptors (Lipinski definition) is 3. The van der Waals surface area contributed by atoms with Crippen LogP contribution < -0.4 is 0 Å². The number of halogens is 5. The summed E-state index contributed by atoms with van der Waals surface area (Å²) in [6, 6.07) is 10.1. The number of alkyl halides is 3. The largest absolute Gasteiger partial charge is 0.435 e. The van der Waals surface area contributed by atoms with E-state index in [2.05, 4.69) is 5.16 Å². The maximum Gasteiger partial charge on any atom is 0.435 e. The summed E-state index contributed by atoms with van der Waals surface area (Å²) >= 11 is 11.7. The van der Waals surface area contributed by atoms with Crippen molar-refractivity contribution in [2.45, 2.75) is 24.8 Å². The first-order valence-electron chi connectivity index (χ1n) is 7.24. The number of oxime groups is 1. The van der Waals surface area contributed by atoms with Crippen molar-refractivity contribution in [3.05, 3.63) is 69.2 Å². The SMILES string of the molecule is OCc1ccc(C2=NOC(c3cc(Cl)cc(Cl)c3)(C(F)(F)F)C2)cc1. The Hall–Kier alpha value is -1.76. The summed E-state index contributed by atoms with van der Waals surface area (Å²) in [7, 11) is 0. The van der Waals surface area contributed by atoms with Crippen molar-refractivity contribution in [3.8, 4) is 0 Å². The minimum atomic E-state index is -4.72. The molecule has 0 saturated heterocycles. The van der Waals surface area contributed by atoms with Gasteiger partial charge in [0.05, 0.1) is 12.3 Å². The van der Waals surface area contributed by atoms with Crippen LogP contribution >= 0.6 is 23.2 Å². The Labute approximate surface area is 151 Å². The van der Waals surface area contributed by atoms with Gasteiger partial charge in [0.15, 0.2) is 0 Å². The fourth-order valence-corrected chi connectivity index (χ4v) is 3.17. The minimum absolute atomic E-state index is 0.0791. The van der Waals surface area contributed by atoms with Crippen LogP contribution in [0.2, 0.25) is 10.0 Å². The maximum atomic E-state index is 13.9. The van der Waals surface area contributed by atoms with Crippen molar-refractivity contribution in [2.75, 3.05) is 0 Å². The van der Waals surface area contributed by atoms with Crippen molar-refractivity contribution in [3.63, 3.8) is 0 Å². The van der Waals surface area contributed by atoms with Gasteiger partial charge < -0.3 is 9.94 Å². The van der Waals surface area contributed by atoms with Gasteiger partial charge in [-0.3, -0.25) is 0 Å². The average Bonchev–Trinajstić information content (AvgIpc) is 3.00. The molecule has 2 aromatic carbocycles. The minimum Gasteiger partial charge on any atom is -0.392 e. The Balaban J connectivity index is 2.00. The van der Waals surface area contributed by atoms with E-state index in [9.17, 15) is 13.2 Å². The van der Waals surface area contributed by atoms with Crippen LogP contribution in [-0.2, 0) is 17.0 Å².